The Kier molecular flexibility index (Phi) is 3.02. The van der Waals surface area contributed by atoms with Crippen LogP contribution in [0.15, 0.2) is 0 Å². The van der Waals surface area contributed by atoms with Crippen LogP contribution in [-0.4, -0.2) is 27.6 Å². The van der Waals surface area contributed by atoms with Crippen molar-refractivity contribution >= 4 is 34.5 Å². The van der Waals surface area contributed by atoms with Crippen LogP contribution in [0, 0.1) is 29.1 Å². The molecule has 4 saturated carbocycles. The van der Waals surface area contributed by atoms with Crippen LogP contribution in [0.3, 0.4) is 0 Å². The highest BCUT2D eigenvalue weighted by molar-refractivity contribution is 14.1. The van der Waals surface area contributed by atoms with E-state index >= 15 is 0 Å². The minimum absolute atomic E-state index is 0.0608. The van der Waals surface area contributed by atoms with E-state index < -0.39 is 0 Å². The van der Waals surface area contributed by atoms with Crippen LogP contribution >= 0.6 is 22.6 Å². The molecule has 0 bridgehead atoms. The van der Waals surface area contributed by atoms with Crippen LogP contribution < -0.4 is 0 Å². The van der Waals surface area contributed by atoms with Gasteiger partial charge in [-0.25, -0.2) is 0 Å². The summed E-state index contributed by atoms with van der Waals surface area (Å²) in [5, 5.41) is 0. The number of rotatable bonds is 3. The highest BCUT2D eigenvalue weighted by atomic mass is 127. The van der Waals surface area contributed by atoms with Crippen molar-refractivity contribution in [2.75, 3.05) is 0 Å². The maximum absolute atomic E-state index is 13.0. The minimum atomic E-state index is -0.273. The van der Waals surface area contributed by atoms with Crippen molar-refractivity contribution in [3.63, 3.8) is 0 Å². The van der Waals surface area contributed by atoms with Crippen LogP contribution in [0.4, 0.5) is 0 Å². The maximum Gasteiger partial charge on any atom is 0.310 e. The Morgan fingerprint density at radius 2 is 2.09 bits per heavy atom. The van der Waals surface area contributed by atoms with Gasteiger partial charge >= 0.3 is 11.9 Å². The van der Waals surface area contributed by atoms with Gasteiger partial charge in [0.25, 0.3) is 0 Å². The van der Waals surface area contributed by atoms with Gasteiger partial charge in [0, 0.05) is 5.92 Å². The highest BCUT2D eigenvalue weighted by Gasteiger charge is 2.88. The van der Waals surface area contributed by atoms with Gasteiger partial charge in [-0.15, -0.1) is 0 Å². The molecule has 7 atom stereocenters. The van der Waals surface area contributed by atoms with E-state index in [1.165, 1.54) is 6.42 Å². The van der Waals surface area contributed by atoms with Crippen molar-refractivity contribution < 1.29 is 19.1 Å². The molecule has 5 rings (SSSR count). The second kappa shape index (κ2) is 4.64. The second-order valence-corrected chi connectivity index (χ2v) is 9.66. The molecule has 5 aliphatic rings. The summed E-state index contributed by atoms with van der Waals surface area (Å²) in [4.78, 5) is 25.4. The fourth-order valence-corrected chi connectivity index (χ4v) is 8.04. The van der Waals surface area contributed by atoms with Gasteiger partial charge in [-0.3, -0.25) is 9.59 Å². The molecule has 0 amide bonds. The number of hydrogen-bond acceptors (Lipinski definition) is 4. The van der Waals surface area contributed by atoms with E-state index in [1.54, 1.807) is 0 Å². The zero-order chi connectivity index (χ0) is 16.0. The second-order valence-electron chi connectivity index (χ2n) is 8.32. The lowest BCUT2D eigenvalue weighted by Gasteiger charge is -2.44. The number of hydrogen-bond donors (Lipinski definition) is 0. The van der Waals surface area contributed by atoms with Crippen LogP contribution in [0.25, 0.3) is 0 Å². The maximum atomic E-state index is 13.0. The third-order valence-corrected chi connectivity index (χ3v) is 9.48. The van der Waals surface area contributed by atoms with E-state index in [0.29, 0.717) is 15.8 Å². The van der Waals surface area contributed by atoms with Gasteiger partial charge in [0.2, 0.25) is 0 Å². The molecule has 4 aliphatic carbocycles. The molecular formula is C18H23IO4. The summed E-state index contributed by atoms with van der Waals surface area (Å²) in [5.74, 6) is -0.0210. The molecule has 1 aliphatic heterocycles. The Morgan fingerprint density at radius 1 is 1.35 bits per heavy atom. The fourth-order valence-electron chi connectivity index (χ4n) is 6.31. The topological polar surface area (TPSA) is 52.6 Å². The van der Waals surface area contributed by atoms with Gasteiger partial charge in [-0.05, 0) is 49.9 Å². The third-order valence-electron chi connectivity index (χ3n) is 7.61. The Bertz CT molecular complexity index is 584. The molecule has 0 N–H and O–H groups in total. The minimum Gasteiger partial charge on any atom is -0.461 e. The number of halogens is 1. The van der Waals surface area contributed by atoms with Crippen molar-refractivity contribution in [2.24, 2.45) is 29.1 Å². The summed E-state index contributed by atoms with van der Waals surface area (Å²) in [6, 6.07) is 0. The van der Waals surface area contributed by atoms with Gasteiger partial charge in [0.05, 0.1) is 15.8 Å². The van der Waals surface area contributed by atoms with Crippen molar-refractivity contribution in [1.82, 2.24) is 0 Å². The van der Waals surface area contributed by atoms with Crippen molar-refractivity contribution in [3.8, 4) is 0 Å². The van der Waals surface area contributed by atoms with Gasteiger partial charge in [-0.1, -0.05) is 35.9 Å². The number of alkyl halides is 1. The Balaban J connectivity index is 1.40. The molecule has 0 aromatic heterocycles. The molecule has 5 fully saturated rings. The Morgan fingerprint density at radius 3 is 2.78 bits per heavy atom. The van der Waals surface area contributed by atoms with E-state index in [9.17, 15) is 9.59 Å². The van der Waals surface area contributed by atoms with Crippen LogP contribution in [0.5, 0.6) is 0 Å². The predicted molar refractivity (Wildman–Crippen MR) is 90.9 cm³/mol. The summed E-state index contributed by atoms with van der Waals surface area (Å²) in [5.41, 5.74) is -0.0532. The molecule has 1 spiro atoms. The summed E-state index contributed by atoms with van der Waals surface area (Å²) >= 11 is 2.44. The van der Waals surface area contributed by atoms with Crippen LogP contribution in [0.2, 0.25) is 0 Å². The zero-order valence-electron chi connectivity index (χ0n) is 13.4. The Labute approximate surface area is 150 Å². The van der Waals surface area contributed by atoms with E-state index in [1.807, 2.05) is 0 Å². The van der Waals surface area contributed by atoms with E-state index in [2.05, 4.69) is 29.5 Å². The number of esters is 2. The Hall–Kier alpha value is -0.330. The average molecular weight is 430 g/mol. The third kappa shape index (κ3) is 1.68. The standard InChI is InChI=1S/C18H23IO4/c1-2-17(6-4-3-5-7-17)23-16(21)10-9-8-18(9)12-11(10)15(20)22-13(12)14(18)19/h9-14H,2-8H2,1H3. The molecule has 7 unspecified atom stereocenters. The van der Waals surface area contributed by atoms with Gasteiger partial charge in [0.1, 0.15) is 11.7 Å². The van der Waals surface area contributed by atoms with Gasteiger partial charge < -0.3 is 9.47 Å². The van der Waals surface area contributed by atoms with Gasteiger partial charge in [-0.2, -0.15) is 0 Å². The lowest BCUT2D eigenvalue weighted by molar-refractivity contribution is -0.174. The van der Waals surface area contributed by atoms with Crippen molar-refractivity contribution in [1.29, 1.82) is 0 Å². The molecule has 126 valence electrons. The summed E-state index contributed by atoms with van der Waals surface area (Å²) in [7, 11) is 0. The van der Waals surface area contributed by atoms with Crippen LogP contribution in [0.1, 0.15) is 51.9 Å². The van der Waals surface area contributed by atoms with Gasteiger partial charge in [0.15, 0.2) is 0 Å². The quantitative estimate of drug-likeness (QED) is 0.392. The summed E-state index contributed by atoms with van der Waals surface area (Å²) in [6.07, 6.45) is 7.53. The molecule has 0 radical (unpaired) electrons. The average Bonchev–Trinajstić information content (AvgIpc) is 3.15. The number of carbonyl (C=O) groups is 2. The lowest BCUT2D eigenvalue weighted by Crippen LogP contribution is -2.52. The lowest BCUT2D eigenvalue weighted by atomic mass is 9.66. The highest BCUT2D eigenvalue weighted by Crippen LogP contribution is 2.83. The number of carbonyl (C=O) groups excluding carboxylic acids is 2. The fraction of sp³-hybridized carbons (Fsp3) is 0.889. The monoisotopic (exact) mass is 430 g/mol. The normalized spacial score (nSPS) is 51.3. The molecule has 4 nitrogen and oxygen atoms in total. The zero-order valence-corrected chi connectivity index (χ0v) is 15.6. The molecule has 1 heterocycles. The molecule has 0 aromatic carbocycles. The molecule has 1 saturated heterocycles. The van der Waals surface area contributed by atoms with E-state index in [0.717, 1.165) is 38.5 Å². The largest absolute Gasteiger partial charge is 0.461 e. The SMILES string of the molecule is CCC1(OC(=O)C2C3C(=O)OC4C(I)C5(CC25)C43)CCCCC1. The van der Waals surface area contributed by atoms with E-state index in [-0.39, 0.29) is 40.9 Å². The first kappa shape index (κ1) is 15.0. The smallest absolute Gasteiger partial charge is 0.310 e. The molecule has 0 aromatic rings. The van der Waals surface area contributed by atoms with Crippen molar-refractivity contribution in [3.05, 3.63) is 0 Å². The first-order chi connectivity index (χ1) is 11.0. The van der Waals surface area contributed by atoms with E-state index in [4.69, 9.17) is 9.47 Å². The number of ether oxygens (including phenoxy) is 2. The van der Waals surface area contributed by atoms with Crippen molar-refractivity contribution in [2.45, 2.75) is 67.5 Å². The summed E-state index contributed by atoms with van der Waals surface area (Å²) < 4.78 is 12.1. The van der Waals surface area contributed by atoms with Crippen LogP contribution in [-0.2, 0) is 19.1 Å². The molecular weight excluding hydrogens is 407 g/mol. The first-order valence-corrected chi connectivity index (χ1v) is 10.4. The molecule has 5 heteroatoms. The predicted octanol–water partition coefficient (Wildman–Crippen LogP) is 3.25. The first-order valence-electron chi connectivity index (χ1n) is 9.11. The summed E-state index contributed by atoms with van der Waals surface area (Å²) in [6.45, 7) is 2.12. The molecule has 23 heavy (non-hydrogen) atoms.